The van der Waals surface area contributed by atoms with Gasteiger partial charge in [-0.05, 0) is 28.0 Å². The Morgan fingerprint density at radius 3 is 2.55 bits per heavy atom. The van der Waals surface area contributed by atoms with Crippen molar-refractivity contribution >= 4 is 31.9 Å². The Kier molecular flexibility index (Phi) is 7.12. The summed E-state index contributed by atoms with van der Waals surface area (Å²) in [6, 6.07) is 10.4. The minimum atomic E-state index is -0.0565. The predicted octanol–water partition coefficient (Wildman–Crippen LogP) is 3.87. The molecule has 0 amide bonds. The van der Waals surface area contributed by atoms with Gasteiger partial charge in [0.05, 0.1) is 7.11 Å². The molecule has 6 heteroatoms. The van der Waals surface area contributed by atoms with Crippen molar-refractivity contribution in [3.05, 3.63) is 49.6 Å². The molecule has 0 aliphatic rings. The Labute approximate surface area is 159 Å². The van der Waals surface area contributed by atoms with Crippen LogP contribution >= 0.6 is 31.9 Å². The van der Waals surface area contributed by atoms with Crippen LogP contribution in [-0.4, -0.2) is 11.7 Å². The van der Waals surface area contributed by atoms with Crippen molar-refractivity contribution in [2.24, 2.45) is 0 Å². The summed E-state index contributed by atoms with van der Waals surface area (Å²) in [6.07, 6.45) is 0. The van der Waals surface area contributed by atoms with Gasteiger partial charge in [0.25, 0.3) is 0 Å². The summed E-state index contributed by atoms with van der Waals surface area (Å²) < 4.78 is 8.23. The van der Waals surface area contributed by atoms with E-state index in [1.807, 2.05) is 25.1 Å². The maximum Gasteiger partial charge on any atom is 0.208 e. The quantitative estimate of drug-likeness (QED) is 0.632. The Morgan fingerprint density at radius 1 is 1.30 bits per heavy atom. The zero-order chi connectivity index (χ0) is 14.0. The van der Waals surface area contributed by atoms with Crippen LogP contribution in [0.25, 0.3) is 11.3 Å². The second-order valence-corrected chi connectivity index (χ2v) is 5.59. The van der Waals surface area contributed by atoms with E-state index in [9.17, 15) is 4.79 Å². The van der Waals surface area contributed by atoms with Crippen LogP contribution in [0, 0.1) is 6.07 Å². The summed E-state index contributed by atoms with van der Waals surface area (Å²) >= 11 is 6.74. The van der Waals surface area contributed by atoms with Crippen molar-refractivity contribution in [2.45, 2.75) is 13.5 Å². The van der Waals surface area contributed by atoms with Crippen molar-refractivity contribution in [3.63, 3.8) is 0 Å². The van der Waals surface area contributed by atoms with Crippen molar-refractivity contribution < 1.29 is 37.4 Å². The Bertz CT molecular complexity index is 671. The molecule has 0 atom stereocenters. The molecule has 0 saturated carbocycles. The molecule has 0 spiro atoms. The minimum absolute atomic E-state index is 0. The van der Waals surface area contributed by atoms with Gasteiger partial charge >= 0.3 is 0 Å². The summed E-state index contributed by atoms with van der Waals surface area (Å²) in [5, 5.41) is 0. The average Bonchev–Trinajstić information content (AvgIpc) is 2.42. The van der Waals surface area contributed by atoms with Gasteiger partial charge in [-0.15, -0.1) is 22.0 Å². The van der Waals surface area contributed by atoms with Gasteiger partial charge in [0, 0.05) is 39.3 Å². The third-order valence-corrected chi connectivity index (χ3v) is 4.03. The molecule has 1 heterocycles. The maximum atomic E-state index is 12.1. The number of rotatable bonds is 3. The second kappa shape index (κ2) is 7.88. The van der Waals surface area contributed by atoms with E-state index in [0.29, 0.717) is 11.0 Å². The van der Waals surface area contributed by atoms with Crippen LogP contribution < -0.4 is 10.3 Å². The summed E-state index contributed by atoms with van der Waals surface area (Å²) in [7, 11) is 1.62. The van der Waals surface area contributed by atoms with E-state index in [1.165, 1.54) is 0 Å². The molecule has 0 aliphatic carbocycles. The Hall–Kier alpha value is 0.0339. The molecular formula is C14H12Br2NO2Y-. The van der Waals surface area contributed by atoms with Crippen LogP contribution in [0.15, 0.2) is 38.0 Å². The van der Waals surface area contributed by atoms with Gasteiger partial charge < -0.3 is 9.30 Å². The number of ether oxygens (including phenoxy) is 1. The van der Waals surface area contributed by atoms with Gasteiger partial charge in [-0.2, -0.15) is 12.1 Å². The standard InChI is InChI=1S/C14H12Br2NO2.Y/c1-3-17-13(7-6-11(15)14(17)18)10-5-4-9(19-2)8-12(10)16;/h4-6,8H,3H2,1-2H3;/q-1;. The molecule has 2 rings (SSSR count). The van der Waals surface area contributed by atoms with E-state index < -0.39 is 0 Å². The molecule has 0 fully saturated rings. The molecule has 1 aromatic heterocycles. The van der Waals surface area contributed by atoms with E-state index >= 15 is 0 Å². The van der Waals surface area contributed by atoms with Gasteiger partial charge in [0.1, 0.15) is 5.75 Å². The number of aromatic nitrogens is 1. The first-order valence-electron chi connectivity index (χ1n) is 5.73. The first-order valence-corrected chi connectivity index (χ1v) is 7.32. The van der Waals surface area contributed by atoms with Crippen LogP contribution in [0.5, 0.6) is 5.75 Å². The summed E-state index contributed by atoms with van der Waals surface area (Å²) in [5.41, 5.74) is 1.61. The largest absolute Gasteiger partial charge is 0.497 e. The first kappa shape index (κ1) is 18.1. The number of hydrogen-bond acceptors (Lipinski definition) is 2. The molecule has 0 aliphatic heterocycles. The smallest absolute Gasteiger partial charge is 0.208 e. The number of benzene rings is 1. The average molecular weight is 475 g/mol. The van der Waals surface area contributed by atoms with Crippen LogP contribution in [0.3, 0.4) is 0 Å². The fraction of sp³-hybridized carbons (Fsp3) is 0.214. The summed E-state index contributed by atoms with van der Waals surface area (Å²) in [6.45, 7) is 2.52. The number of hydrogen-bond donors (Lipinski definition) is 0. The molecule has 3 nitrogen and oxygen atoms in total. The number of halogens is 2. The zero-order valence-electron chi connectivity index (χ0n) is 11.1. The molecule has 0 bridgehead atoms. The monoisotopic (exact) mass is 473 g/mol. The molecule has 103 valence electrons. The predicted molar refractivity (Wildman–Crippen MR) is 82.6 cm³/mol. The normalized spacial score (nSPS) is 10.0. The van der Waals surface area contributed by atoms with Crippen LogP contribution in [-0.2, 0) is 39.3 Å². The SMILES string of the molecule is CCn1c(-c2ccc(OC)cc2Br)[c-]cc(Br)c1=O.[Y]. The fourth-order valence-electron chi connectivity index (χ4n) is 1.84. The van der Waals surface area contributed by atoms with E-state index in [0.717, 1.165) is 21.5 Å². The van der Waals surface area contributed by atoms with Crippen LogP contribution in [0.4, 0.5) is 0 Å². The van der Waals surface area contributed by atoms with Crippen molar-refractivity contribution in [3.8, 4) is 17.0 Å². The van der Waals surface area contributed by atoms with Crippen molar-refractivity contribution in [2.75, 3.05) is 7.11 Å². The van der Waals surface area contributed by atoms with Crippen LogP contribution in [0.1, 0.15) is 6.92 Å². The molecule has 0 saturated heterocycles. The molecule has 0 N–H and O–H groups in total. The Balaban J connectivity index is 0.00000200. The van der Waals surface area contributed by atoms with E-state index in [-0.39, 0.29) is 38.3 Å². The summed E-state index contributed by atoms with van der Waals surface area (Å²) in [4.78, 5) is 12.1. The van der Waals surface area contributed by atoms with Crippen LogP contribution in [0.2, 0.25) is 0 Å². The van der Waals surface area contributed by atoms with Gasteiger partial charge in [0.2, 0.25) is 5.56 Å². The number of pyridine rings is 1. The van der Waals surface area contributed by atoms with E-state index in [4.69, 9.17) is 4.74 Å². The molecule has 2 aromatic rings. The van der Waals surface area contributed by atoms with Gasteiger partial charge in [-0.1, -0.05) is 27.2 Å². The van der Waals surface area contributed by atoms with Gasteiger partial charge in [-0.25, -0.2) is 0 Å². The third kappa shape index (κ3) is 3.62. The maximum absolute atomic E-state index is 12.1. The van der Waals surface area contributed by atoms with E-state index in [2.05, 4.69) is 37.9 Å². The minimum Gasteiger partial charge on any atom is -0.497 e. The first-order chi connectivity index (χ1) is 9.08. The summed E-state index contributed by atoms with van der Waals surface area (Å²) in [5.74, 6) is 0.762. The molecule has 0 unspecified atom stereocenters. The van der Waals surface area contributed by atoms with Gasteiger partial charge in [0.15, 0.2) is 0 Å². The zero-order valence-corrected chi connectivity index (χ0v) is 17.1. The molecule has 1 aromatic carbocycles. The van der Waals surface area contributed by atoms with Crippen molar-refractivity contribution in [1.82, 2.24) is 4.57 Å². The van der Waals surface area contributed by atoms with Gasteiger partial charge in [-0.3, -0.25) is 4.79 Å². The third-order valence-electron chi connectivity index (χ3n) is 2.80. The fourth-order valence-corrected chi connectivity index (χ4v) is 2.72. The molecule has 20 heavy (non-hydrogen) atoms. The number of nitrogens with zero attached hydrogens (tertiary/aromatic N) is 1. The van der Waals surface area contributed by atoms with Crippen molar-refractivity contribution in [1.29, 1.82) is 0 Å². The second-order valence-electron chi connectivity index (χ2n) is 3.88. The Morgan fingerprint density at radius 2 is 2.00 bits per heavy atom. The topological polar surface area (TPSA) is 31.2 Å². The van der Waals surface area contributed by atoms with E-state index in [1.54, 1.807) is 17.7 Å². The number of methoxy groups -OCH3 is 1. The molecule has 1 radical (unpaired) electrons. The molecular weight excluding hydrogens is 463 g/mol.